The van der Waals surface area contributed by atoms with Crippen LogP contribution in [0.2, 0.25) is 0 Å². The van der Waals surface area contributed by atoms with Crippen molar-refractivity contribution in [3.8, 4) is 5.88 Å². The van der Waals surface area contributed by atoms with Crippen LogP contribution in [0.15, 0.2) is 24.3 Å². The third-order valence-electron chi connectivity index (χ3n) is 4.69. The number of aromatic nitrogens is 1. The summed E-state index contributed by atoms with van der Waals surface area (Å²) in [5, 5.41) is 7.48. The standard InChI is InChI=1S/C20H29N3O2/c1-2-3-11-21-12-6-7-13-22-19(24)18-16-9-4-5-10-17(16)23-14-8-15-25-20(18)23/h4-5,9-10,21H,2-3,6-8,11-15H2,1H3,(H,22,24). The molecule has 0 saturated heterocycles. The average Bonchev–Trinajstić information content (AvgIpc) is 2.98. The zero-order valence-corrected chi connectivity index (χ0v) is 15.1. The van der Waals surface area contributed by atoms with Gasteiger partial charge in [-0.3, -0.25) is 4.79 Å². The lowest BCUT2D eigenvalue weighted by atomic mass is 10.1. The van der Waals surface area contributed by atoms with Crippen molar-refractivity contribution < 1.29 is 9.53 Å². The number of benzene rings is 1. The number of carbonyl (C=O) groups excluding carboxylic acids is 1. The summed E-state index contributed by atoms with van der Waals surface area (Å²) in [5.41, 5.74) is 1.78. The number of aryl methyl sites for hydroxylation is 1. The maximum atomic E-state index is 12.7. The van der Waals surface area contributed by atoms with Crippen molar-refractivity contribution in [2.75, 3.05) is 26.2 Å². The quantitative estimate of drug-likeness (QED) is 0.687. The van der Waals surface area contributed by atoms with Gasteiger partial charge in [0.1, 0.15) is 5.56 Å². The number of unbranched alkanes of at least 4 members (excludes halogenated alkanes) is 2. The Morgan fingerprint density at radius 3 is 2.84 bits per heavy atom. The Balaban J connectivity index is 1.57. The molecular formula is C20H29N3O2. The molecular weight excluding hydrogens is 314 g/mol. The first-order valence-electron chi connectivity index (χ1n) is 9.56. The molecule has 1 aromatic carbocycles. The van der Waals surface area contributed by atoms with Gasteiger partial charge in [0, 0.05) is 18.5 Å². The Labute approximate surface area is 149 Å². The summed E-state index contributed by atoms with van der Waals surface area (Å²) < 4.78 is 7.97. The molecule has 25 heavy (non-hydrogen) atoms. The van der Waals surface area contributed by atoms with E-state index in [2.05, 4.69) is 28.2 Å². The number of ether oxygens (including phenoxy) is 1. The SMILES string of the molecule is CCCCNCCCCNC(=O)c1c2n(c3ccccc13)CCCO2. The summed E-state index contributed by atoms with van der Waals surface area (Å²) >= 11 is 0. The van der Waals surface area contributed by atoms with E-state index >= 15 is 0 Å². The summed E-state index contributed by atoms with van der Waals surface area (Å²) in [4.78, 5) is 12.7. The van der Waals surface area contributed by atoms with Crippen molar-refractivity contribution >= 4 is 16.8 Å². The lowest BCUT2D eigenvalue weighted by Gasteiger charge is -2.18. The molecule has 0 aliphatic carbocycles. The fourth-order valence-electron chi connectivity index (χ4n) is 3.36. The third kappa shape index (κ3) is 4.15. The molecule has 136 valence electrons. The summed E-state index contributed by atoms with van der Waals surface area (Å²) in [6, 6.07) is 8.06. The van der Waals surface area contributed by atoms with Gasteiger partial charge < -0.3 is 19.9 Å². The van der Waals surface area contributed by atoms with Crippen molar-refractivity contribution in [1.29, 1.82) is 0 Å². The van der Waals surface area contributed by atoms with E-state index in [-0.39, 0.29) is 5.91 Å². The second-order valence-corrected chi connectivity index (χ2v) is 6.62. The number of hydrogen-bond donors (Lipinski definition) is 2. The van der Waals surface area contributed by atoms with Crippen molar-refractivity contribution in [3.63, 3.8) is 0 Å². The van der Waals surface area contributed by atoms with E-state index in [1.165, 1.54) is 12.8 Å². The molecule has 1 aliphatic rings. The molecule has 0 fully saturated rings. The van der Waals surface area contributed by atoms with Crippen molar-refractivity contribution in [1.82, 2.24) is 15.2 Å². The number of rotatable bonds is 9. The number of carbonyl (C=O) groups is 1. The van der Waals surface area contributed by atoms with Crippen LogP contribution < -0.4 is 15.4 Å². The Morgan fingerprint density at radius 2 is 1.96 bits per heavy atom. The number of nitrogens with one attached hydrogen (secondary N) is 2. The van der Waals surface area contributed by atoms with E-state index in [4.69, 9.17) is 4.74 Å². The predicted octanol–water partition coefficient (Wildman–Crippen LogP) is 3.32. The summed E-state index contributed by atoms with van der Waals surface area (Å²) in [7, 11) is 0. The molecule has 2 aromatic rings. The monoisotopic (exact) mass is 343 g/mol. The molecule has 2 N–H and O–H groups in total. The molecule has 5 heteroatoms. The van der Waals surface area contributed by atoms with E-state index in [9.17, 15) is 4.79 Å². The minimum atomic E-state index is -0.0224. The minimum Gasteiger partial charge on any atom is -0.478 e. The smallest absolute Gasteiger partial charge is 0.257 e. The number of fused-ring (bicyclic) bond motifs is 3. The van der Waals surface area contributed by atoms with Crippen LogP contribution in [0, 0.1) is 0 Å². The first-order chi connectivity index (χ1) is 12.3. The number of para-hydroxylation sites is 1. The van der Waals surface area contributed by atoms with Gasteiger partial charge in [-0.25, -0.2) is 0 Å². The van der Waals surface area contributed by atoms with E-state index in [1.807, 2.05) is 18.2 Å². The number of amides is 1. The fraction of sp³-hybridized carbons (Fsp3) is 0.550. The molecule has 1 aliphatic heterocycles. The lowest BCUT2D eigenvalue weighted by Crippen LogP contribution is -2.26. The molecule has 0 bridgehead atoms. The van der Waals surface area contributed by atoms with Crippen LogP contribution in [0.3, 0.4) is 0 Å². The number of nitrogens with zero attached hydrogens (tertiary/aromatic N) is 1. The van der Waals surface area contributed by atoms with Gasteiger partial charge in [-0.1, -0.05) is 31.5 Å². The molecule has 0 radical (unpaired) electrons. The molecule has 0 atom stereocenters. The summed E-state index contributed by atoms with van der Waals surface area (Å²) in [5.74, 6) is 0.706. The minimum absolute atomic E-state index is 0.0224. The second kappa shape index (κ2) is 8.90. The highest BCUT2D eigenvalue weighted by atomic mass is 16.5. The summed E-state index contributed by atoms with van der Waals surface area (Å²) in [6.07, 6.45) is 5.50. The molecule has 2 heterocycles. The largest absolute Gasteiger partial charge is 0.478 e. The highest BCUT2D eigenvalue weighted by Gasteiger charge is 2.25. The van der Waals surface area contributed by atoms with Crippen LogP contribution in [0.1, 0.15) is 49.4 Å². The molecule has 0 saturated carbocycles. The molecule has 0 spiro atoms. The first kappa shape index (κ1) is 17.8. The Kier molecular flexibility index (Phi) is 6.34. The first-order valence-corrected chi connectivity index (χ1v) is 9.56. The van der Waals surface area contributed by atoms with E-state index in [1.54, 1.807) is 0 Å². The van der Waals surface area contributed by atoms with Crippen LogP contribution in [-0.4, -0.2) is 36.7 Å². The van der Waals surface area contributed by atoms with Gasteiger partial charge in [-0.05, 0) is 44.8 Å². The summed E-state index contributed by atoms with van der Waals surface area (Å²) in [6.45, 7) is 6.59. The lowest BCUT2D eigenvalue weighted by molar-refractivity contribution is 0.0948. The van der Waals surface area contributed by atoms with Gasteiger partial charge in [0.15, 0.2) is 0 Å². The maximum absolute atomic E-state index is 12.7. The van der Waals surface area contributed by atoms with Gasteiger partial charge in [0.25, 0.3) is 5.91 Å². The average molecular weight is 343 g/mol. The van der Waals surface area contributed by atoms with Crippen molar-refractivity contribution in [2.45, 2.75) is 45.6 Å². The molecule has 5 nitrogen and oxygen atoms in total. The van der Waals surface area contributed by atoms with Crippen molar-refractivity contribution in [3.05, 3.63) is 29.8 Å². The third-order valence-corrected chi connectivity index (χ3v) is 4.69. The molecule has 1 aromatic heterocycles. The van der Waals surface area contributed by atoms with E-state index < -0.39 is 0 Å². The topological polar surface area (TPSA) is 55.3 Å². The van der Waals surface area contributed by atoms with Crippen LogP contribution in [0.4, 0.5) is 0 Å². The normalized spacial score (nSPS) is 13.5. The Hall–Kier alpha value is -2.01. The zero-order chi connectivity index (χ0) is 17.5. The van der Waals surface area contributed by atoms with Crippen LogP contribution in [0.25, 0.3) is 10.9 Å². The van der Waals surface area contributed by atoms with E-state index in [0.29, 0.717) is 18.7 Å². The van der Waals surface area contributed by atoms with Crippen LogP contribution in [-0.2, 0) is 6.54 Å². The van der Waals surface area contributed by atoms with Crippen molar-refractivity contribution in [2.24, 2.45) is 0 Å². The van der Waals surface area contributed by atoms with Gasteiger partial charge in [-0.2, -0.15) is 0 Å². The Bertz CT molecular complexity index is 708. The van der Waals surface area contributed by atoms with Crippen LogP contribution in [0.5, 0.6) is 5.88 Å². The van der Waals surface area contributed by atoms with Gasteiger partial charge in [0.05, 0.1) is 12.1 Å². The maximum Gasteiger partial charge on any atom is 0.257 e. The van der Waals surface area contributed by atoms with Gasteiger partial charge in [0.2, 0.25) is 5.88 Å². The second-order valence-electron chi connectivity index (χ2n) is 6.62. The Morgan fingerprint density at radius 1 is 1.16 bits per heavy atom. The highest BCUT2D eigenvalue weighted by molar-refractivity contribution is 6.09. The predicted molar refractivity (Wildman–Crippen MR) is 101 cm³/mol. The molecule has 0 unspecified atom stereocenters. The molecule has 3 rings (SSSR count). The van der Waals surface area contributed by atoms with Crippen LogP contribution >= 0.6 is 0 Å². The van der Waals surface area contributed by atoms with Gasteiger partial charge >= 0.3 is 0 Å². The highest BCUT2D eigenvalue weighted by Crippen LogP contribution is 2.34. The zero-order valence-electron chi connectivity index (χ0n) is 15.1. The number of hydrogen-bond acceptors (Lipinski definition) is 3. The fourth-order valence-corrected chi connectivity index (χ4v) is 3.36. The van der Waals surface area contributed by atoms with Gasteiger partial charge in [-0.15, -0.1) is 0 Å². The molecule has 1 amide bonds. The van der Waals surface area contributed by atoms with E-state index in [0.717, 1.165) is 55.7 Å².